The van der Waals surface area contributed by atoms with Crippen molar-refractivity contribution >= 4 is 23.4 Å². The van der Waals surface area contributed by atoms with Crippen LogP contribution in [0.2, 0.25) is 5.02 Å². The summed E-state index contributed by atoms with van der Waals surface area (Å²) in [5.74, 6) is -2.96. The van der Waals surface area contributed by atoms with Crippen molar-refractivity contribution < 1.29 is 29.6 Å². The Labute approximate surface area is 152 Å². The van der Waals surface area contributed by atoms with Gasteiger partial charge in [-0.2, -0.15) is 0 Å². The maximum absolute atomic E-state index is 12.1. The van der Waals surface area contributed by atoms with Crippen molar-refractivity contribution in [2.75, 3.05) is 0 Å². The number of Topliss-reactive ketones (excluding diaryl/α,β-unsaturated/α-hetero) is 1. The summed E-state index contributed by atoms with van der Waals surface area (Å²) in [6.07, 6.45) is -1.13. The Bertz CT molecular complexity index is 660. The summed E-state index contributed by atoms with van der Waals surface area (Å²) in [6, 6.07) is 3.32. The third-order valence-electron chi connectivity index (χ3n) is 3.84. The van der Waals surface area contributed by atoms with E-state index < -0.39 is 29.1 Å². The Balaban J connectivity index is 2.92. The first-order chi connectivity index (χ1) is 11.3. The Morgan fingerprint density at radius 2 is 1.80 bits per heavy atom. The molecule has 0 aliphatic heterocycles. The van der Waals surface area contributed by atoms with Crippen molar-refractivity contribution in [2.45, 2.75) is 59.4 Å². The van der Waals surface area contributed by atoms with E-state index in [1.165, 1.54) is 27.7 Å². The van der Waals surface area contributed by atoms with Crippen molar-refractivity contribution in [3.05, 3.63) is 28.3 Å². The normalized spacial score (nSPS) is 13.4. The van der Waals surface area contributed by atoms with Gasteiger partial charge in [0.1, 0.15) is 17.3 Å². The largest absolute Gasteiger partial charge is 0.481 e. The molecule has 0 saturated carbocycles. The zero-order valence-corrected chi connectivity index (χ0v) is 15.8. The van der Waals surface area contributed by atoms with Crippen molar-refractivity contribution in [1.29, 1.82) is 0 Å². The molecule has 0 spiro atoms. The topological polar surface area (TPSA) is 104 Å². The molecule has 1 atom stereocenters. The summed E-state index contributed by atoms with van der Waals surface area (Å²) in [6.45, 7) is 7.29. The van der Waals surface area contributed by atoms with Gasteiger partial charge in [-0.1, -0.05) is 11.6 Å². The number of aryl methyl sites for hydroxylation is 2. The molecule has 0 heterocycles. The van der Waals surface area contributed by atoms with Crippen LogP contribution in [0.25, 0.3) is 0 Å². The van der Waals surface area contributed by atoms with Crippen molar-refractivity contribution in [2.24, 2.45) is 5.41 Å². The van der Waals surface area contributed by atoms with Crippen LogP contribution < -0.4 is 4.74 Å². The molecule has 1 unspecified atom stereocenters. The van der Waals surface area contributed by atoms with Gasteiger partial charge in [0.25, 0.3) is 0 Å². The van der Waals surface area contributed by atoms with E-state index in [0.29, 0.717) is 16.3 Å². The fourth-order valence-corrected chi connectivity index (χ4v) is 2.52. The van der Waals surface area contributed by atoms with E-state index in [2.05, 4.69) is 0 Å². The molecular weight excluding hydrogens is 348 g/mol. The minimum Gasteiger partial charge on any atom is -0.481 e. The van der Waals surface area contributed by atoms with Gasteiger partial charge < -0.3 is 20.1 Å². The predicted molar refractivity (Wildman–Crippen MR) is 93.9 cm³/mol. The minimum atomic E-state index is -1.66. The summed E-state index contributed by atoms with van der Waals surface area (Å²) in [5, 5.41) is 29.3. The zero-order valence-electron chi connectivity index (χ0n) is 15.1. The van der Waals surface area contributed by atoms with Gasteiger partial charge in [0.2, 0.25) is 5.79 Å². The van der Waals surface area contributed by atoms with Gasteiger partial charge in [-0.05, 0) is 56.9 Å². The monoisotopic (exact) mass is 372 g/mol. The lowest BCUT2D eigenvalue weighted by molar-refractivity contribution is -0.156. The quantitative estimate of drug-likeness (QED) is 0.478. The van der Waals surface area contributed by atoms with Crippen LogP contribution in [0.3, 0.4) is 0 Å². The van der Waals surface area contributed by atoms with Crippen molar-refractivity contribution in [1.82, 2.24) is 0 Å². The molecule has 0 aromatic heterocycles. The number of aliphatic carboxylic acids is 1. The molecule has 25 heavy (non-hydrogen) atoms. The lowest BCUT2D eigenvalue weighted by atomic mass is 9.84. The molecule has 1 aromatic rings. The van der Waals surface area contributed by atoms with Gasteiger partial charge in [0, 0.05) is 18.9 Å². The number of aliphatic hydroxyl groups excluding tert-OH is 1. The van der Waals surface area contributed by atoms with Gasteiger partial charge in [0.05, 0.1) is 0 Å². The number of hydrogen-bond donors (Lipinski definition) is 3. The fraction of sp³-hybridized carbons (Fsp3) is 0.556. The number of benzene rings is 1. The number of carbonyl (C=O) groups excluding carboxylic acids is 1. The number of ketones is 1. The SMILES string of the molecule is Cc1cc(Cl)c(CCC(O)C(=O)C(C)(C)C(=O)O)cc1OC(C)(C)O. The average Bonchev–Trinajstić information content (AvgIpc) is 2.46. The summed E-state index contributed by atoms with van der Waals surface area (Å²) < 4.78 is 5.46. The average molecular weight is 373 g/mol. The highest BCUT2D eigenvalue weighted by Gasteiger charge is 2.39. The van der Waals surface area contributed by atoms with Gasteiger partial charge in [-0.25, -0.2) is 0 Å². The molecular formula is C18H25ClO6. The molecule has 7 heteroatoms. The molecule has 0 saturated heterocycles. The second kappa shape index (κ2) is 7.72. The Kier molecular flexibility index (Phi) is 6.61. The maximum atomic E-state index is 12.1. The Hall–Kier alpha value is -1.63. The summed E-state index contributed by atoms with van der Waals surface area (Å²) >= 11 is 6.20. The smallest absolute Gasteiger partial charge is 0.316 e. The lowest BCUT2D eigenvalue weighted by Crippen LogP contribution is -2.40. The van der Waals surface area contributed by atoms with Crippen LogP contribution in [0.1, 0.15) is 45.2 Å². The minimum absolute atomic E-state index is 0.0281. The van der Waals surface area contributed by atoms with Gasteiger partial charge >= 0.3 is 5.97 Å². The summed E-state index contributed by atoms with van der Waals surface area (Å²) in [7, 11) is 0. The van der Waals surface area contributed by atoms with Crippen LogP contribution in [0.4, 0.5) is 0 Å². The number of aliphatic hydroxyl groups is 2. The second-order valence-corrected chi connectivity index (χ2v) is 7.51. The van der Waals surface area contributed by atoms with E-state index in [1.807, 2.05) is 0 Å². The number of hydrogen-bond acceptors (Lipinski definition) is 5. The van der Waals surface area contributed by atoms with Crippen LogP contribution in [0.15, 0.2) is 12.1 Å². The van der Waals surface area contributed by atoms with E-state index in [4.69, 9.17) is 21.4 Å². The molecule has 0 fully saturated rings. The van der Waals surface area contributed by atoms with Crippen LogP contribution >= 0.6 is 11.6 Å². The first kappa shape index (κ1) is 21.4. The van der Waals surface area contributed by atoms with Crippen molar-refractivity contribution in [3.63, 3.8) is 0 Å². The van der Waals surface area contributed by atoms with Crippen LogP contribution in [-0.2, 0) is 16.0 Å². The number of ether oxygens (including phenoxy) is 1. The van der Waals surface area contributed by atoms with Crippen molar-refractivity contribution in [3.8, 4) is 5.75 Å². The summed E-state index contributed by atoms with van der Waals surface area (Å²) in [4.78, 5) is 23.2. The predicted octanol–water partition coefficient (Wildman–Crippen LogP) is 2.73. The van der Waals surface area contributed by atoms with Gasteiger partial charge in [-0.3, -0.25) is 9.59 Å². The number of carboxylic acids is 1. The first-order valence-electron chi connectivity index (χ1n) is 7.92. The molecule has 0 aliphatic rings. The van der Waals surface area contributed by atoms with Gasteiger partial charge in [-0.15, -0.1) is 0 Å². The first-order valence-corrected chi connectivity index (χ1v) is 8.29. The Morgan fingerprint density at radius 3 is 2.28 bits per heavy atom. The molecule has 6 nitrogen and oxygen atoms in total. The maximum Gasteiger partial charge on any atom is 0.316 e. The molecule has 0 bridgehead atoms. The van der Waals surface area contributed by atoms with E-state index in [0.717, 1.165) is 5.56 Å². The van der Waals surface area contributed by atoms with E-state index in [-0.39, 0.29) is 12.8 Å². The lowest BCUT2D eigenvalue weighted by Gasteiger charge is -2.23. The fourth-order valence-electron chi connectivity index (χ4n) is 2.21. The van der Waals surface area contributed by atoms with E-state index in [9.17, 15) is 19.8 Å². The van der Waals surface area contributed by atoms with Crippen LogP contribution in [0.5, 0.6) is 5.75 Å². The Morgan fingerprint density at radius 1 is 1.24 bits per heavy atom. The zero-order chi connectivity index (χ0) is 19.6. The highest BCUT2D eigenvalue weighted by molar-refractivity contribution is 6.31. The molecule has 1 aromatic carbocycles. The molecule has 0 amide bonds. The molecule has 140 valence electrons. The number of carbonyl (C=O) groups is 2. The van der Waals surface area contributed by atoms with Gasteiger partial charge in [0.15, 0.2) is 5.78 Å². The number of carboxylic acid groups (broad SMARTS) is 1. The number of halogens is 1. The number of rotatable bonds is 8. The standard InChI is InChI=1S/C18H25ClO6/c1-10-8-12(19)11(9-14(10)25-18(4,5)24)6-7-13(20)15(21)17(2,3)16(22)23/h8-9,13,20,24H,6-7H2,1-5H3,(H,22,23). The highest BCUT2D eigenvalue weighted by Crippen LogP contribution is 2.30. The highest BCUT2D eigenvalue weighted by atomic mass is 35.5. The summed E-state index contributed by atoms with van der Waals surface area (Å²) in [5.41, 5.74) is -0.294. The van der Waals surface area contributed by atoms with E-state index in [1.54, 1.807) is 19.1 Å². The molecule has 1 rings (SSSR count). The third kappa shape index (κ3) is 5.70. The molecule has 0 radical (unpaired) electrons. The van der Waals surface area contributed by atoms with Crippen LogP contribution in [-0.4, -0.2) is 39.0 Å². The molecule has 0 aliphatic carbocycles. The molecule has 3 N–H and O–H groups in total. The van der Waals surface area contributed by atoms with E-state index >= 15 is 0 Å². The van der Waals surface area contributed by atoms with Crippen LogP contribution in [0, 0.1) is 12.3 Å². The third-order valence-corrected chi connectivity index (χ3v) is 4.20. The second-order valence-electron chi connectivity index (χ2n) is 7.11.